The molecule has 1 saturated heterocycles. The maximum absolute atomic E-state index is 11.9. The Bertz CT molecular complexity index is 328. The van der Waals surface area contributed by atoms with Crippen molar-refractivity contribution in [1.82, 2.24) is 15.1 Å². The van der Waals surface area contributed by atoms with Gasteiger partial charge >= 0.3 is 12.0 Å². The molecular weight excluding hydrogens is 274 g/mol. The normalized spacial score (nSPS) is 16.2. The van der Waals surface area contributed by atoms with Gasteiger partial charge in [0.15, 0.2) is 0 Å². The summed E-state index contributed by atoms with van der Waals surface area (Å²) in [5, 5.41) is 11.6. The van der Waals surface area contributed by atoms with Crippen molar-refractivity contribution in [2.75, 3.05) is 45.9 Å². The van der Waals surface area contributed by atoms with E-state index in [9.17, 15) is 9.59 Å². The standard InChI is InChI=1S/C14H27N3O4/c1-12(2)21-10-4-3-5-15-14(20)17-8-6-16(7-9-17)11-13(18)19/h12H,3-11H2,1-2H3,(H,15,20)(H,18,19). The SMILES string of the molecule is CC(C)OCCCCNC(=O)N1CCN(CC(=O)O)CC1. The summed E-state index contributed by atoms with van der Waals surface area (Å²) in [6.45, 7) is 7.81. The van der Waals surface area contributed by atoms with Crippen molar-refractivity contribution in [3.8, 4) is 0 Å². The summed E-state index contributed by atoms with van der Waals surface area (Å²) >= 11 is 0. The fraction of sp³-hybridized carbons (Fsp3) is 0.857. The molecule has 0 radical (unpaired) electrons. The van der Waals surface area contributed by atoms with E-state index in [0.717, 1.165) is 19.4 Å². The van der Waals surface area contributed by atoms with Gasteiger partial charge in [0, 0.05) is 39.3 Å². The second-order valence-electron chi connectivity index (χ2n) is 5.52. The third kappa shape index (κ3) is 7.87. The number of carboxylic acids is 1. The molecule has 2 N–H and O–H groups in total. The summed E-state index contributed by atoms with van der Waals surface area (Å²) in [5.41, 5.74) is 0. The molecule has 7 heteroatoms. The Kier molecular flexibility index (Phi) is 8.07. The molecular formula is C14H27N3O4. The number of ether oxygens (including phenoxy) is 1. The first kappa shape index (κ1) is 17.7. The van der Waals surface area contributed by atoms with Crippen LogP contribution in [0.15, 0.2) is 0 Å². The Morgan fingerprint density at radius 1 is 1.19 bits per heavy atom. The molecule has 0 unspecified atom stereocenters. The van der Waals surface area contributed by atoms with Crippen molar-refractivity contribution < 1.29 is 19.4 Å². The molecule has 0 atom stereocenters. The van der Waals surface area contributed by atoms with Crippen LogP contribution in [0.5, 0.6) is 0 Å². The molecule has 122 valence electrons. The molecule has 0 bridgehead atoms. The van der Waals surface area contributed by atoms with E-state index in [1.807, 2.05) is 18.7 Å². The van der Waals surface area contributed by atoms with E-state index in [1.165, 1.54) is 0 Å². The number of aliphatic carboxylic acids is 1. The van der Waals surface area contributed by atoms with E-state index in [0.29, 0.717) is 32.7 Å². The van der Waals surface area contributed by atoms with Crippen LogP contribution in [-0.4, -0.2) is 78.9 Å². The predicted molar refractivity (Wildman–Crippen MR) is 79.4 cm³/mol. The highest BCUT2D eigenvalue weighted by molar-refractivity contribution is 5.74. The summed E-state index contributed by atoms with van der Waals surface area (Å²) in [5.74, 6) is -0.823. The van der Waals surface area contributed by atoms with Crippen molar-refractivity contribution in [2.45, 2.75) is 32.8 Å². The lowest BCUT2D eigenvalue weighted by molar-refractivity contribution is -0.138. The first-order valence-electron chi connectivity index (χ1n) is 7.57. The van der Waals surface area contributed by atoms with E-state index in [2.05, 4.69) is 5.32 Å². The second-order valence-corrected chi connectivity index (χ2v) is 5.52. The third-order valence-corrected chi connectivity index (χ3v) is 3.32. The lowest BCUT2D eigenvalue weighted by Crippen LogP contribution is -2.52. The van der Waals surface area contributed by atoms with Crippen molar-refractivity contribution >= 4 is 12.0 Å². The van der Waals surface area contributed by atoms with Crippen molar-refractivity contribution in [2.24, 2.45) is 0 Å². The fourth-order valence-corrected chi connectivity index (χ4v) is 2.15. The van der Waals surface area contributed by atoms with E-state index in [-0.39, 0.29) is 18.7 Å². The van der Waals surface area contributed by atoms with Crippen LogP contribution >= 0.6 is 0 Å². The van der Waals surface area contributed by atoms with Gasteiger partial charge < -0.3 is 20.1 Å². The van der Waals surface area contributed by atoms with Gasteiger partial charge in [0.1, 0.15) is 0 Å². The van der Waals surface area contributed by atoms with Gasteiger partial charge in [-0.2, -0.15) is 0 Å². The summed E-state index contributed by atoms with van der Waals surface area (Å²) in [4.78, 5) is 26.1. The fourth-order valence-electron chi connectivity index (χ4n) is 2.15. The Morgan fingerprint density at radius 2 is 1.86 bits per heavy atom. The largest absolute Gasteiger partial charge is 0.480 e. The Hall–Kier alpha value is -1.34. The van der Waals surface area contributed by atoms with Gasteiger partial charge in [0.25, 0.3) is 0 Å². The highest BCUT2D eigenvalue weighted by Gasteiger charge is 2.21. The second kappa shape index (κ2) is 9.57. The van der Waals surface area contributed by atoms with Crippen LogP contribution in [0, 0.1) is 0 Å². The van der Waals surface area contributed by atoms with E-state index in [4.69, 9.17) is 9.84 Å². The van der Waals surface area contributed by atoms with E-state index < -0.39 is 5.97 Å². The first-order chi connectivity index (χ1) is 9.99. The number of carboxylic acid groups (broad SMARTS) is 1. The zero-order valence-electron chi connectivity index (χ0n) is 13.0. The lowest BCUT2D eigenvalue weighted by Gasteiger charge is -2.33. The molecule has 1 rings (SSSR count). The van der Waals surface area contributed by atoms with Crippen LogP contribution < -0.4 is 5.32 Å². The zero-order chi connectivity index (χ0) is 15.7. The number of hydrogen-bond donors (Lipinski definition) is 2. The zero-order valence-corrected chi connectivity index (χ0v) is 13.0. The smallest absolute Gasteiger partial charge is 0.317 e. The van der Waals surface area contributed by atoms with Gasteiger partial charge in [-0.3, -0.25) is 9.69 Å². The highest BCUT2D eigenvalue weighted by Crippen LogP contribution is 2.02. The summed E-state index contributed by atoms with van der Waals surface area (Å²) in [7, 11) is 0. The Labute approximate surface area is 126 Å². The van der Waals surface area contributed by atoms with Crippen LogP contribution in [0.2, 0.25) is 0 Å². The molecule has 0 saturated carbocycles. The van der Waals surface area contributed by atoms with Crippen molar-refractivity contribution in [3.63, 3.8) is 0 Å². The van der Waals surface area contributed by atoms with Crippen LogP contribution in [0.3, 0.4) is 0 Å². The first-order valence-corrected chi connectivity index (χ1v) is 7.57. The lowest BCUT2D eigenvalue weighted by atomic mass is 10.3. The van der Waals surface area contributed by atoms with E-state index in [1.54, 1.807) is 4.90 Å². The van der Waals surface area contributed by atoms with Crippen molar-refractivity contribution in [3.05, 3.63) is 0 Å². The molecule has 0 spiro atoms. The summed E-state index contributed by atoms with van der Waals surface area (Å²) in [6, 6.07) is -0.0604. The number of carbonyl (C=O) groups is 2. The minimum absolute atomic E-state index is 0.0469. The number of hydrogen-bond acceptors (Lipinski definition) is 4. The molecule has 7 nitrogen and oxygen atoms in total. The van der Waals surface area contributed by atoms with Crippen molar-refractivity contribution in [1.29, 1.82) is 0 Å². The van der Waals surface area contributed by atoms with Gasteiger partial charge in [-0.05, 0) is 26.7 Å². The van der Waals surface area contributed by atoms with Gasteiger partial charge in [0.05, 0.1) is 12.6 Å². The molecule has 0 aromatic carbocycles. The Morgan fingerprint density at radius 3 is 2.43 bits per heavy atom. The van der Waals surface area contributed by atoms with Gasteiger partial charge in [0.2, 0.25) is 0 Å². The molecule has 21 heavy (non-hydrogen) atoms. The summed E-state index contributed by atoms with van der Waals surface area (Å²) in [6.07, 6.45) is 2.09. The number of carbonyl (C=O) groups excluding carboxylic acids is 1. The highest BCUT2D eigenvalue weighted by atomic mass is 16.5. The average Bonchev–Trinajstić information content (AvgIpc) is 2.42. The van der Waals surface area contributed by atoms with Crippen LogP contribution in [-0.2, 0) is 9.53 Å². The van der Waals surface area contributed by atoms with Gasteiger partial charge in [-0.1, -0.05) is 0 Å². The van der Waals surface area contributed by atoms with Gasteiger partial charge in [-0.25, -0.2) is 4.79 Å². The maximum Gasteiger partial charge on any atom is 0.317 e. The molecule has 0 aromatic heterocycles. The number of rotatable bonds is 8. The predicted octanol–water partition coefficient (Wildman–Crippen LogP) is 0.603. The Balaban J connectivity index is 2.07. The number of urea groups is 1. The molecule has 1 aliphatic heterocycles. The minimum Gasteiger partial charge on any atom is -0.480 e. The molecule has 1 fully saturated rings. The number of unbranched alkanes of at least 4 members (excludes halogenated alkanes) is 1. The number of piperazine rings is 1. The monoisotopic (exact) mass is 301 g/mol. The minimum atomic E-state index is -0.823. The summed E-state index contributed by atoms with van der Waals surface area (Å²) < 4.78 is 5.43. The van der Waals surface area contributed by atoms with Crippen LogP contribution in [0.4, 0.5) is 4.79 Å². The molecule has 1 heterocycles. The van der Waals surface area contributed by atoms with E-state index >= 15 is 0 Å². The molecule has 0 aliphatic carbocycles. The topological polar surface area (TPSA) is 82.1 Å². The van der Waals surface area contributed by atoms with Crippen LogP contribution in [0.25, 0.3) is 0 Å². The number of nitrogens with zero attached hydrogens (tertiary/aromatic N) is 2. The molecule has 2 amide bonds. The van der Waals surface area contributed by atoms with Crippen LogP contribution in [0.1, 0.15) is 26.7 Å². The number of nitrogens with one attached hydrogen (secondary N) is 1. The number of amides is 2. The third-order valence-electron chi connectivity index (χ3n) is 3.32. The maximum atomic E-state index is 11.9. The van der Waals surface area contributed by atoms with Gasteiger partial charge in [-0.15, -0.1) is 0 Å². The molecule has 0 aromatic rings. The quantitative estimate of drug-likeness (QED) is 0.642. The average molecular weight is 301 g/mol. The molecule has 1 aliphatic rings.